The van der Waals surface area contributed by atoms with Crippen molar-refractivity contribution in [3.05, 3.63) is 39.8 Å². The molecule has 1 aromatic heterocycles. The molecule has 1 aliphatic rings. The number of benzene rings is 1. The minimum Gasteiger partial charge on any atom is -0.496 e. The molecule has 7 heteroatoms. The highest BCUT2D eigenvalue weighted by molar-refractivity contribution is 7.17. The van der Waals surface area contributed by atoms with E-state index in [1.807, 2.05) is 0 Å². The second-order valence-corrected chi connectivity index (χ2v) is 8.04. The van der Waals surface area contributed by atoms with Crippen LogP contribution in [0.3, 0.4) is 0 Å². The number of anilines is 1. The summed E-state index contributed by atoms with van der Waals surface area (Å²) in [5.41, 5.74) is 1.80. The zero-order chi connectivity index (χ0) is 21.0. The number of fused-ring (bicyclic) bond motifs is 1. The molecule has 0 spiro atoms. The molecule has 1 N–H and O–H groups in total. The van der Waals surface area contributed by atoms with E-state index in [0.717, 1.165) is 36.1 Å². The van der Waals surface area contributed by atoms with Gasteiger partial charge in [-0.3, -0.25) is 4.79 Å². The van der Waals surface area contributed by atoms with Gasteiger partial charge in [0, 0.05) is 4.88 Å². The van der Waals surface area contributed by atoms with E-state index in [4.69, 9.17) is 14.2 Å². The number of carbonyl (C=O) groups is 2. The van der Waals surface area contributed by atoms with E-state index in [2.05, 4.69) is 12.2 Å². The molecule has 0 saturated heterocycles. The molecule has 1 amide bonds. The summed E-state index contributed by atoms with van der Waals surface area (Å²) < 4.78 is 16.0. The summed E-state index contributed by atoms with van der Waals surface area (Å²) in [5.74, 6) is 0.658. The molecule has 0 fully saturated rings. The Morgan fingerprint density at radius 1 is 1.14 bits per heavy atom. The molecule has 0 bridgehead atoms. The first-order chi connectivity index (χ1) is 14.0. The molecule has 1 aliphatic carbocycles. The number of nitrogens with one attached hydrogen (secondary N) is 1. The molecule has 3 rings (SSSR count). The number of carbonyl (C=O) groups excluding carboxylic acids is 2. The lowest BCUT2D eigenvalue weighted by atomic mass is 9.85. The van der Waals surface area contributed by atoms with Crippen LogP contribution in [0, 0.1) is 5.92 Å². The Morgan fingerprint density at radius 2 is 1.83 bits per heavy atom. The predicted molar refractivity (Wildman–Crippen MR) is 114 cm³/mol. The van der Waals surface area contributed by atoms with E-state index >= 15 is 0 Å². The SMILES string of the molecule is CCOC(=O)c1c(NC(=O)c2c(OC)cccc2OC)sc2c1CCC(CC)C2. The fourth-order valence-electron chi connectivity index (χ4n) is 3.75. The summed E-state index contributed by atoms with van der Waals surface area (Å²) in [7, 11) is 3.01. The maximum Gasteiger partial charge on any atom is 0.341 e. The lowest BCUT2D eigenvalue weighted by Crippen LogP contribution is -2.18. The molecule has 1 unspecified atom stereocenters. The van der Waals surface area contributed by atoms with Crippen LogP contribution in [-0.2, 0) is 17.6 Å². The van der Waals surface area contributed by atoms with Crippen molar-refractivity contribution < 1.29 is 23.8 Å². The third kappa shape index (κ3) is 4.24. The third-order valence-corrected chi connectivity index (χ3v) is 6.48. The van der Waals surface area contributed by atoms with Crippen molar-refractivity contribution in [1.82, 2.24) is 0 Å². The largest absolute Gasteiger partial charge is 0.496 e. The Morgan fingerprint density at radius 3 is 2.41 bits per heavy atom. The van der Waals surface area contributed by atoms with Crippen LogP contribution < -0.4 is 14.8 Å². The van der Waals surface area contributed by atoms with Crippen LogP contribution in [-0.4, -0.2) is 32.7 Å². The van der Waals surface area contributed by atoms with E-state index in [9.17, 15) is 9.59 Å². The molecule has 1 atom stereocenters. The lowest BCUT2D eigenvalue weighted by Gasteiger charge is -2.21. The highest BCUT2D eigenvalue weighted by atomic mass is 32.1. The molecule has 29 heavy (non-hydrogen) atoms. The van der Waals surface area contributed by atoms with Gasteiger partial charge in [0.1, 0.15) is 22.1 Å². The highest BCUT2D eigenvalue weighted by Gasteiger charge is 2.30. The van der Waals surface area contributed by atoms with Crippen LogP contribution in [0.2, 0.25) is 0 Å². The number of hydrogen-bond donors (Lipinski definition) is 1. The van der Waals surface area contributed by atoms with E-state index in [1.54, 1.807) is 25.1 Å². The Balaban J connectivity index is 2.00. The van der Waals surface area contributed by atoms with Crippen LogP contribution in [0.4, 0.5) is 5.00 Å². The zero-order valence-corrected chi connectivity index (χ0v) is 18.1. The minimum absolute atomic E-state index is 0.286. The molecule has 0 radical (unpaired) electrons. The summed E-state index contributed by atoms with van der Waals surface area (Å²) in [6.45, 7) is 4.25. The fourth-order valence-corrected chi connectivity index (χ4v) is 5.10. The van der Waals surface area contributed by atoms with Gasteiger partial charge in [-0.05, 0) is 49.8 Å². The van der Waals surface area contributed by atoms with Gasteiger partial charge in [-0.1, -0.05) is 19.4 Å². The number of esters is 1. The minimum atomic E-state index is -0.387. The highest BCUT2D eigenvalue weighted by Crippen LogP contribution is 2.41. The number of ether oxygens (including phenoxy) is 3. The summed E-state index contributed by atoms with van der Waals surface area (Å²) in [6.07, 6.45) is 3.90. The number of amides is 1. The van der Waals surface area contributed by atoms with Crippen molar-refractivity contribution in [2.75, 3.05) is 26.1 Å². The van der Waals surface area contributed by atoms with Crippen molar-refractivity contribution in [3.8, 4) is 11.5 Å². The van der Waals surface area contributed by atoms with E-state index < -0.39 is 0 Å². The average Bonchev–Trinajstić information content (AvgIpc) is 3.09. The maximum absolute atomic E-state index is 13.1. The van der Waals surface area contributed by atoms with Crippen molar-refractivity contribution in [3.63, 3.8) is 0 Å². The zero-order valence-electron chi connectivity index (χ0n) is 17.3. The van der Waals surface area contributed by atoms with Gasteiger partial charge in [0.2, 0.25) is 0 Å². The Bertz CT molecular complexity index is 883. The van der Waals surface area contributed by atoms with Crippen LogP contribution in [0.1, 0.15) is 57.8 Å². The second-order valence-electron chi connectivity index (χ2n) is 6.94. The number of thiophene rings is 1. The summed E-state index contributed by atoms with van der Waals surface area (Å²) in [6, 6.07) is 5.16. The van der Waals surface area contributed by atoms with E-state index in [1.165, 1.54) is 25.6 Å². The summed E-state index contributed by atoms with van der Waals surface area (Å²) >= 11 is 1.47. The van der Waals surface area contributed by atoms with Crippen LogP contribution in [0.5, 0.6) is 11.5 Å². The van der Waals surface area contributed by atoms with Gasteiger partial charge in [0.15, 0.2) is 0 Å². The van der Waals surface area contributed by atoms with Gasteiger partial charge in [0.25, 0.3) is 5.91 Å². The molecule has 2 aromatic rings. The first-order valence-electron chi connectivity index (χ1n) is 9.87. The van der Waals surface area contributed by atoms with Gasteiger partial charge in [-0.2, -0.15) is 0 Å². The monoisotopic (exact) mass is 417 g/mol. The first kappa shape index (κ1) is 21.2. The van der Waals surface area contributed by atoms with Crippen LogP contribution >= 0.6 is 11.3 Å². The predicted octanol–water partition coefficient (Wildman–Crippen LogP) is 4.71. The van der Waals surface area contributed by atoms with E-state index in [-0.39, 0.29) is 18.5 Å². The smallest absolute Gasteiger partial charge is 0.341 e. The number of hydrogen-bond acceptors (Lipinski definition) is 6. The Hall–Kier alpha value is -2.54. The quantitative estimate of drug-likeness (QED) is 0.661. The van der Waals surface area contributed by atoms with Crippen LogP contribution in [0.25, 0.3) is 0 Å². The summed E-state index contributed by atoms with van der Waals surface area (Å²) in [5, 5.41) is 3.46. The maximum atomic E-state index is 13.1. The van der Waals surface area contributed by atoms with Crippen molar-refractivity contribution in [2.24, 2.45) is 5.92 Å². The van der Waals surface area contributed by atoms with Gasteiger partial charge < -0.3 is 19.5 Å². The lowest BCUT2D eigenvalue weighted by molar-refractivity contribution is 0.0526. The van der Waals surface area contributed by atoms with Crippen molar-refractivity contribution in [1.29, 1.82) is 0 Å². The molecule has 156 valence electrons. The van der Waals surface area contributed by atoms with Gasteiger partial charge in [-0.15, -0.1) is 11.3 Å². The topological polar surface area (TPSA) is 73.9 Å². The number of rotatable bonds is 7. The molecule has 1 heterocycles. The Kier molecular flexibility index (Phi) is 6.79. The molecular formula is C22H27NO5S. The fraction of sp³-hybridized carbons (Fsp3) is 0.455. The van der Waals surface area contributed by atoms with Crippen LogP contribution in [0.15, 0.2) is 18.2 Å². The van der Waals surface area contributed by atoms with E-state index in [0.29, 0.717) is 33.5 Å². The molecule has 0 aliphatic heterocycles. The standard InChI is InChI=1S/C22H27NO5S/c1-5-13-10-11-14-17(12-13)29-21(18(14)22(25)28-6-2)23-20(24)19-15(26-3)8-7-9-16(19)27-4/h7-9,13H,5-6,10-12H2,1-4H3,(H,23,24). The normalized spacial score (nSPS) is 15.4. The van der Waals surface area contributed by atoms with Gasteiger partial charge in [0.05, 0.1) is 26.4 Å². The van der Waals surface area contributed by atoms with Crippen molar-refractivity contribution in [2.45, 2.75) is 39.5 Å². The third-order valence-electron chi connectivity index (χ3n) is 5.31. The molecule has 6 nitrogen and oxygen atoms in total. The van der Waals surface area contributed by atoms with Gasteiger partial charge in [-0.25, -0.2) is 4.79 Å². The van der Waals surface area contributed by atoms with Crippen molar-refractivity contribution >= 4 is 28.2 Å². The molecule has 1 aromatic carbocycles. The molecular weight excluding hydrogens is 390 g/mol. The number of methoxy groups -OCH3 is 2. The van der Waals surface area contributed by atoms with Gasteiger partial charge >= 0.3 is 5.97 Å². The Labute approximate surface area is 175 Å². The first-order valence-corrected chi connectivity index (χ1v) is 10.7. The average molecular weight is 418 g/mol. The molecule has 0 saturated carbocycles. The summed E-state index contributed by atoms with van der Waals surface area (Å²) in [4.78, 5) is 27.0. The second kappa shape index (κ2) is 9.31.